The Hall–Kier alpha value is -1.16. The van der Waals surface area contributed by atoms with Gasteiger partial charge in [-0.25, -0.2) is 4.98 Å². The summed E-state index contributed by atoms with van der Waals surface area (Å²) in [5.74, 6) is 1.92. The number of rotatable bonds is 4. The molecule has 15 heavy (non-hydrogen) atoms. The van der Waals surface area contributed by atoms with Crippen LogP contribution in [0.1, 0.15) is 13.8 Å². The third-order valence-electron chi connectivity index (χ3n) is 2.02. The van der Waals surface area contributed by atoms with Crippen LogP contribution >= 0.6 is 11.8 Å². The van der Waals surface area contributed by atoms with Gasteiger partial charge in [-0.1, -0.05) is 18.7 Å². The van der Waals surface area contributed by atoms with Gasteiger partial charge in [-0.3, -0.25) is 0 Å². The van der Waals surface area contributed by atoms with Gasteiger partial charge in [0.05, 0.1) is 17.6 Å². The van der Waals surface area contributed by atoms with Crippen LogP contribution < -0.4 is 4.74 Å². The molecule has 2 aromatic rings. The highest BCUT2D eigenvalue weighted by molar-refractivity contribution is 7.99. The fraction of sp³-hybridized carbons (Fsp3) is 0.364. The third-order valence-corrected chi connectivity index (χ3v) is 2.78. The number of hydrogen-bond acceptors (Lipinski definition) is 3. The predicted molar refractivity (Wildman–Crippen MR) is 63.7 cm³/mol. The summed E-state index contributed by atoms with van der Waals surface area (Å²) in [6, 6.07) is 5.93. The van der Waals surface area contributed by atoms with Crippen LogP contribution in [0.5, 0.6) is 5.75 Å². The minimum atomic E-state index is 0.691. The van der Waals surface area contributed by atoms with Crippen LogP contribution in [0.3, 0.4) is 0 Å². The molecule has 2 rings (SSSR count). The van der Waals surface area contributed by atoms with Crippen molar-refractivity contribution in [2.24, 2.45) is 0 Å². The number of nitrogens with zero attached hydrogens (tertiary/aromatic N) is 1. The molecule has 0 spiro atoms. The van der Waals surface area contributed by atoms with Crippen LogP contribution in [-0.2, 0) is 0 Å². The lowest BCUT2D eigenvalue weighted by Crippen LogP contribution is -1.90. The van der Waals surface area contributed by atoms with Crippen molar-refractivity contribution in [1.29, 1.82) is 0 Å². The van der Waals surface area contributed by atoms with E-state index in [2.05, 4.69) is 16.9 Å². The largest absolute Gasteiger partial charge is 0.494 e. The molecule has 0 aliphatic heterocycles. The second kappa shape index (κ2) is 4.57. The van der Waals surface area contributed by atoms with Crippen molar-refractivity contribution in [3.63, 3.8) is 0 Å². The Balaban J connectivity index is 2.34. The minimum Gasteiger partial charge on any atom is -0.494 e. The number of H-pyrrole nitrogens is 1. The van der Waals surface area contributed by atoms with Crippen LogP contribution in [0.2, 0.25) is 0 Å². The van der Waals surface area contributed by atoms with Gasteiger partial charge in [-0.15, -0.1) is 0 Å². The Kier molecular flexibility index (Phi) is 3.16. The van der Waals surface area contributed by atoms with Gasteiger partial charge in [0.15, 0.2) is 5.16 Å². The highest BCUT2D eigenvalue weighted by Gasteiger charge is 2.03. The smallest absolute Gasteiger partial charge is 0.166 e. The number of hydrogen-bond donors (Lipinski definition) is 1. The molecule has 0 saturated carbocycles. The first-order valence-corrected chi connectivity index (χ1v) is 6.07. The van der Waals surface area contributed by atoms with Crippen molar-refractivity contribution in [2.45, 2.75) is 19.0 Å². The first-order chi connectivity index (χ1) is 7.33. The summed E-state index contributed by atoms with van der Waals surface area (Å²) in [6.45, 7) is 4.79. The van der Waals surface area contributed by atoms with Crippen LogP contribution in [0.4, 0.5) is 0 Å². The fourth-order valence-electron chi connectivity index (χ4n) is 1.43. The van der Waals surface area contributed by atoms with Crippen molar-refractivity contribution in [3.8, 4) is 5.75 Å². The second-order valence-corrected chi connectivity index (χ2v) is 4.34. The van der Waals surface area contributed by atoms with Crippen molar-refractivity contribution >= 4 is 22.8 Å². The molecule has 0 saturated heterocycles. The molecule has 0 bridgehead atoms. The van der Waals surface area contributed by atoms with Gasteiger partial charge in [0.25, 0.3) is 0 Å². The van der Waals surface area contributed by atoms with Crippen molar-refractivity contribution in [1.82, 2.24) is 9.97 Å². The van der Waals surface area contributed by atoms with Gasteiger partial charge < -0.3 is 9.72 Å². The van der Waals surface area contributed by atoms with E-state index in [0.29, 0.717) is 6.61 Å². The molecule has 1 N–H and O–H groups in total. The van der Waals surface area contributed by atoms with E-state index in [1.807, 2.05) is 25.1 Å². The zero-order valence-corrected chi connectivity index (χ0v) is 9.73. The SMILES string of the molecule is CCOc1ccc2nc(SCC)[nH]c2c1. The molecular weight excluding hydrogens is 208 g/mol. The molecule has 0 unspecified atom stereocenters. The lowest BCUT2D eigenvalue weighted by Gasteiger charge is -2.00. The average molecular weight is 222 g/mol. The molecule has 1 aromatic heterocycles. The molecule has 0 aliphatic rings. The topological polar surface area (TPSA) is 37.9 Å². The Morgan fingerprint density at radius 2 is 2.27 bits per heavy atom. The van der Waals surface area contributed by atoms with E-state index in [9.17, 15) is 0 Å². The van der Waals surface area contributed by atoms with Crippen molar-refractivity contribution in [3.05, 3.63) is 18.2 Å². The summed E-state index contributed by atoms with van der Waals surface area (Å²) in [6.07, 6.45) is 0. The summed E-state index contributed by atoms with van der Waals surface area (Å²) in [5, 5.41) is 0.973. The lowest BCUT2D eigenvalue weighted by atomic mass is 10.3. The third kappa shape index (κ3) is 2.26. The fourth-order valence-corrected chi connectivity index (χ4v) is 2.05. The number of benzene rings is 1. The number of nitrogens with one attached hydrogen (secondary N) is 1. The number of fused-ring (bicyclic) bond motifs is 1. The Labute approximate surface area is 93.2 Å². The quantitative estimate of drug-likeness (QED) is 0.808. The zero-order chi connectivity index (χ0) is 10.7. The number of imidazole rings is 1. The average Bonchev–Trinajstić information content (AvgIpc) is 2.60. The van der Waals surface area contributed by atoms with Gasteiger partial charge in [-0.05, 0) is 24.8 Å². The normalized spacial score (nSPS) is 10.8. The Morgan fingerprint density at radius 1 is 1.40 bits per heavy atom. The van der Waals surface area contributed by atoms with Gasteiger partial charge in [-0.2, -0.15) is 0 Å². The van der Waals surface area contributed by atoms with Crippen LogP contribution in [0.15, 0.2) is 23.4 Å². The summed E-state index contributed by atoms with van der Waals surface area (Å²) in [5.41, 5.74) is 2.03. The Bertz CT molecular complexity index is 449. The van der Waals surface area contributed by atoms with E-state index in [1.165, 1.54) is 0 Å². The van der Waals surface area contributed by atoms with Gasteiger partial charge in [0.2, 0.25) is 0 Å². The molecule has 0 atom stereocenters. The number of aromatic nitrogens is 2. The van der Waals surface area contributed by atoms with E-state index >= 15 is 0 Å². The summed E-state index contributed by atoms with van der Waals surface area (Å²) in [4.78, 5) is 7.72. The van der Waals surface area contributed by atoms with Crippen molar-refractivity contribution in [2.75, 3.05) is 12.4 Å². The molecule has 0 aliphatic carbocycles. The van der Waals surface area contributed by atoms with E-state index in [4.69, 9.17) is 4.74 Å². The number of ether oxygens (including phenoxy) is 1. The van der Waals surface area contributed by atoms with Gasteiger partial charge in [0, 0.05) is 6.07 Å². The molecular formula is C11H14N2OS. The maximum absolute atomic E-state index is 5.43. The van der Waals surface area contributed by atoms with Crippen LogP contribution in [0.25, 0.3) is 11.0 Å². The molecule has 0 fully saturated rings. The van der Waals surface area contributed by atoms with E-state index in [-0.39, 0.29) is 0 Å². The van der Waals surface area contributed by atoms with E-state index in [1.54, 1.807) is 11.8 Å². The molecule has 1 heterocycles. The maximum atomic E-state index is 5.43. The number of aromatic amines is 1. The van der Waals surface area contributed by atoms with E-state index < -0.39 is 0 Å². The molecule has 3 nitrogen and oxygen atoms in total. The van der Waals surface area contributed by atoms with Crippen molar-refractivity contribution < 1.29 is 4.74 Å². The second-order valence-electron chi connectivity index (χ2n) is 3.09. The first kappa shape index (κ1) is 10.4. The van der Waals surface area contributed by atoms with Crippen LogP contribution in [0, 0.1) is 0 Å². The first-order valence-electron chi connectivity index (χ1n) is 5.09. The molecule has 4 heteroatoms. The zero-order valence-electron chi connectivity index (χ0n) is 8.91. The predicted octanol–water partition coefficient (Wildman–Crippen LogP) is 3.07. The summed E-state index contributed by atoms with van der Waals surface area (Å²) < 4.78 is 5.43. The monoisotopic (exact) mass is 222 g/mol. The summed E-state index contributed by atoms with van der Waals surface area (Å²) >= 11 is 1.71. The lowest BCUT2D eigenvalue weighted by molar-refractivity contribution is 0.340. The number of thioether (sulfide) groups is 1. The van der Waals surface area contributed by atoms with E-state index in [0.717, 1.165) is 27.7 Å². The van der Waals surface area contributed by atoms with Crippen LogP contribution in [-0.4, -0.2) is 22.3 Å². The van der Waals surface area contributed by atoms with Gasteiger partial charge >= 0.3 is 0 Å². The van der Waals surface area contributed by atoms with Gasteiger partial charge in [0.1, 0.15) is 5.75 Å². The highest BCUT2D eigenvalue weighted by atomic mass is 32.2. The minimum absolute atomic E-state index is 0.691. The summed E-state index contributed by atoms with van der Waals surface area (Å²) in [7, 11) is 0. The standard InChI is InChI=1S/C11H14N2OS/c1-3-14-8-5-6-9-10(7-8)13-11(12-9)15-4-2/h5-7H,3-4H2,1-2H3,(H,12,13). The highest BCUT2D eigenvalue weighted by Crippen LogP contribution is 2.22. The Morgan fingerprint density at radius 3 is 3.00 bits per heavy atom. The molecule has 1 aromatic carbocycles. The molecule has 80 valence electrons. The molecule has 0 radical (unpaired) electrons. The maximum Gasteiger partial charge on any atom is 0.166 e. The molecule has 0 amide bonds.